The van der Waals surface area contributed by atoms with Crippen LogP contribution in [0.5, 0.6) is 0 Å². The smallest absolute Gasteiger partial charge is 0.220 e. The van der Waals surface area contributed by atoms with E-state index < -0.39 is 6.10 Å². The van der Waals surface area contributed by atoms with E-state index in [1.807, 2.05) is 12.1 Å². The Morgan fingerprint density at radius 3 is 2.91 bits per heavy atom. The first-order valence-electron chi connectivity index (χ1n) is 8.34. The van der Waals surface area contributed by atoms with Crippen LogP contribution in [0.4, 0.5) is 0 Å². The normalized spacial score (nSPS) is 28.9. The van der Waals surface area contributed by atoms with Crippen molar-refractivity contribution in [2.24, 2.45) is 0 Å². The molecule has 5 heteroatoms. The van der Waals surface area contributed by atoms with Crippen LogP contribution in [0.15, 0.2) is 24.5 Å². The predicted molar refractivity (Wildman–Crippen MR) is 84.3 cm³/mol. The highest BCUT2D eigenvalue weighted by atomic mass is 16.3. The lowest BCUT2D eigenvalue weighted by Crippen LogP contribution is -2.47. The first kappa shape index (κ1) is 15.4. The molecule has 2 fully saturated rings. The Bertz CT molecular complexity index is 488. The number of hydrogen-bond donors (Lipinski definition) is 2. The molecular formula is C17H25N3O2. The second kappa shape index (κ2) is 7.20. The van der Waals surface area contributed by atoms with Gasteiger partial charge in [0.15, 0.2) is 0 Å². The van der Waals surface area contributed by atoms with Crippen LogP contribution in [0.1, 0.15) is 37.7 Å². The molecule has 5 nitrogen and oxygen atoms in total. The fourth-order valence-electron chi connectivity index (χ4n) is 3.67. The summed E-state index contributed by atoms with van der Waals surface area (Å²) in [5, 5.41) is 13.5. The number of hydrogen-bond acceptors (Lipinski definition) is 4. The molecule has 2 N–H and O–H groups in total. The molecule has 0 aromatic carbocycles. The Labute approximate surface area is 131 Å². The number of nitrogens with zero attached hydrogens (tertiary/aromatic N) is 2. The van der Waals surface area contributed by atoms with Crippen molar-refractivity contribution in [2.75, 3.05) is 13.1 Å². The van der Waals surface area contributed by atoms with Crippen molar-refractivity contribution in [1.82, 2.24) is 15.2 Å². The van der Waals surface area contributed by atoms with E-state index in [2.05, 4.69) is 15.2 Å². The van der Waals surface area contributed by atoms with Crippen LogP contribution in [-0.2, 0) is 11.2 Å². The van der Waals surface area contributed by atoms with Crippen molar-refractivity contribution >= 4 is 5.91 Å². The van der Waals surface area contributed by atoms with Gasteiger partial charge in [-0.25, -0.2) is 0 Å². The SMILES string of the molecule is O=C(CCc1cccnc1)N[C@@H]1CC[C@@H](N2CCCC2)[C@@H]1O. The Morgan fingerprint density at radius 1 is 1.36 bits per heavy atom. The van der Waals surface area contributed by atoms with Crippen molar-refractivity contribution in [3.05, 3.63) is 30.1 Å². The molecule has 1 saturated heterocycles. The van der Waals surface area contributed by atoms with E-state index in [4.69, 9.17) is 0 Å². The number of carbonyl (C=O) groups is 1. The van der Waals surface area contributed by atoms with Gasteiger partial charge in [0.25, 0.3) is 0 Å². The summed E-state index contributed by atoms with van der Waals surface area (Å²) in [6, 6.07) is 4.00. The summed E-state index contributed by atoms with van der Waals surface area (Å²) in [5.74, 6) is 0.0231. The summed E-state index contributed by atoms with van der Waals surface area (Å²) >= 11 is 0. The van der Waals surface area contributed by atoms with Crippen LogP contribution in [0.3, 0.4) is 0 Å². The molecular weight excluding hydrogens is 278 g/mol. The van der Waals surface area contributed by atoms with Crippen molar-refractivity contribution in [3.8, 4) is 0 Å². The second-order valence-corrected chi connectivity index (χ2v) is 6.41. The lowest BCUT2D eigenvalue weighted by molar-refractivity contribution is -0.122. The Morgan fingerprint density at radius 2 is 2.18 bits per heavy atom. The minimum absolute atomic E-state index is 0.0231. The minimum atomic E-state index is -0.430. The summed E-state index contributed by atoms with van der Waals surface area (Å²) < 4.78 is 0. The van der Waals surface area contributed by atoms with E-state index in [1.54, 1.807) is 12.4 Å². The molecule has 2 aliphatic rings. The summed E-state index contributed by atoms with van der Waals surface area (Å²) in [7, 11) is 0. The van der Waals surface area contributed by atoms with Gasteiger partial charge in [0, 0.05) is 24.9 Å². The van der Waals surface area contributed by atoms with Crippen molar-refractivity contribution in [1.29, 1.82) is 0 Å². The van der Waals surface area contributed by atoms with Crippen molar-refractivity contribution < 1.29 is 9.90 Å². The largest absolute Gasteiger partial charge is 0.389 e. The molecule has 3 rings (SSSR count). The standard InChI is InChI=1S/C17H25N3O2/c21-16(8-5-13-4-3-9-18-12-13)19-14-6-7-15(17(14)22)20-10-1-2-11-20/h3-4,9,12,14-15,17,22H,1-2,5-8,10-11H2,(H,19,21)/t14-,15-,17-/m1/s1. The topological polar surface area (TPSA) is 65.5 Å². The monoisotopic (exact) mass is 303 g/mol. The lowest BCUT2D eigenvalue weighted by Gasteiger charge is -2.28. The number of pyridine rings is 1. The fraction of sp³-hybridized carbons (Fsp3) is 0.647. The summed E-state index contributed by atoms with van der Waals surface area (Å²) in [4.78, 5) is 18.5. The number of amides is 1. The molecule has 0 radical (unpaired) electrons. The predicted octanol–water partition coefficient (Wildman–Crippen LogP) is 1.12. The van der Waals surface area contributed by atoms with Crippen LogP contribution in [-0.4, -0.2) is 52.2 Å². The number of carbonyl (C=O) groups excluding carboxylic acids is 1. The van der Waals surface area contributed by atoms with Crippen LogP contribution < -0.4 is 5.32 Å². The van der Waals surface area contributed by atoms with Gasteiger partial charge in [-0.3, -0.25) is 14.7 Å². The Kier molecular flexibility index (Phi) is 5.05. The molecule has 1 amide bonds. The van der Waals surface area contributed by atoms with Gasteiger partial charge in [-0.1, -0.05) is 6.07 Å². The van der Waals surface area contributed by atoms with Gasteiger partial charge in [0.05, 0.1) is 12.1 Å². The number of aromatic nitrogens is 1. The van der Waals surface area contributed by atoms with Gasteiger partial charge in [-0.15, -0.1) is 0 Å². The molecule has 3 atom stereocenters. The maximum atomic E-state index is 12.1. The van der Waals surface area contributed by atoms with Gasteiger partial charge in [0.1, 0.15) is 0 Å². The number of rotatable bonds is 5. The summed E-state index contributed by atoms with van der Waals surface area (Å²) in [5.41, 5.74) is 1.07. The number of aryl methyl sites for hydroxylation is 1. The van der Waals surface area contributed by atoms with Crippen LogP contribution >= 0.6 is 0 Å². The average molecular weight is 303 g/mol. The molecule has 1 aliphatic heterocycles. The first-order valence-corrected chi connectivity index (χ1v) is 8.34. The number of nitrogens with one attached hydrogen (secondary N) is 1. The highest BCUT2D eigenvalue weighted by Crippen LogP contribution is 2.27. The van der Waals surface area contributed by atoms with E-state index >= 15 is 0 Å². The third-order valence-corrected chi connectivity index (χ3v) is 4.90. The Hall–Kier alpha value is -1.46. The van der Waals surface area contributed by atoms with Gasteiger partial charge >= 0.3 is 0 Å². The first-order chi connectivity index (χ1) is 10.7. The molecule has 1 aliphatic carbocycles. The molecule has 1 saturated carbocycles. The Balaban J connectivity index is 1.45. The third-order valence-electron chi connectivity index (χ3n) is 4.90. The average Bonchev–Trinajstić information content (AvgIpc) is 3.17. The second-order valence-electron chi connectivity index (χ2n) is 6.41. The fourth-order valence-corrected chi connectivity index (χ4v) is 3.67. The molecule has 120 valence electrons. The molecule has 22 heavy (non-hydrogen) atoms. The molecule has 0 unspecified atom stereocenters. The van der Waals surface area contributed by atoms with Crippen LogP contribution in [0.2, 0.25) is 0 Å². The van der Waals surface area contributed by atoms with Gasteiger partial charge < -0.3 is 10.4 Å². The zero-order valence-corrected chi connectivity index (χ0v) is 12.9. The van der Waals surface area contributed by atoms with E-state index in [-0.39, 0.29) is 18.0 Å². The van der Waals surface area contributed by atoms with E-state index in [0.717, 1.165) is 31.5 Å². The lowest BCUT2D eigenvalue weighted by atomic mass is 10.1. The maximum Gasteiger partial charge on any atom is 0.220 e. The van der Waals surface area contributed by atoms with Gasteiger partial charge in [-0.05, 0) is 56.8 Å². The zero-order valence-electron chi connectivity index (χ0n) is 12.9. The highest BCUT2D eigenvalue weighted by Gasteiger charge is 2.39. The minimum Gasteiger partial charge on any atom is -0.389 e. The third kappa shape index (κ3) is 3.65. The van der Waals surface area contributed by atoms with Gasteiger partial charge in [-0.2, -0.15) is 0 Å². The van der Waals surface area contributed by atoms with E-state index in [9.17, 15) is 9.90 Å². The van der Waals surface area contributed by atoms with Crippen molar-refractivity contribution in [3.63, 3.8) is 0 Å². The highest BCUT2D eigenvalue weighted by molar-refractivity contribution is 5.76. The molecule has 0 bridgehead atoms. The number of aliphatic hydroxyl groups is 1. The summed E-state index contributed by atoms with van der Waals surface area (Å²) in [6.07, 6.45) is 8.55. The zero-order chi connectivity index (χ0) is 15.4. The number of likely N-dealkylation sites (tertiary alicyclic amines) is 1. The summed E-state index contributed by atoms with van der Waals surface area (Å²) in [6.45, 7) is 2.17. The van der Waals surface area contributed by atoms with Crippen molar-refractivity contribution in [2.45, 2.75) is 56.7 Å². The van der Waals surface area contributed by atoms with E-state index in [0.29, 0.717) is 12.8 Å². The van der Waals surface area contributed by atoms with Crippen LogP contribution in [0, 0.1) is 0 Å². The van der Waals surface area contributed by atoms with Gasteiger partial charge in [0.2, 0.25) is 5.91 Å². The quantitative estimate of drug-likeness (QED) is 0.855. The molecule has 1 aromatic heterocycles. The maximum absolute atomic E-state index is 12.1. The molecule has 0 spiro atoms. The van der Waals surface area contributed by atoms with E-state index in [1.165, 1.54) is 12.8 Å². The molecule has 2 heterocycles. The number of aliphatic hydroxyl groups excluding tert-OH is 1. The molecule has 1 aromatic rings. The van der Waals surface area contributed by atoms with Crippen LogP contribution in [0.25, 0.3) is 0 Å².